The molecule has 0 radical (unpaired) electrons. The molecule has 3 aromatic rings. The molecular weight excluding hydrogens is 338 g/mol. The molecule has 0 aliphatic heterocycles. The number of nitrogens with one attached hydrogen (secondary N) is 2. The Balaban J connectivity index is 1.91. The van der Waals surface area contributed by atoms with Gasteiger partial charge < -0.3 is 9.97 Å². The van der Waals surface area contributed by atoms with Crippen molar-refractivity contribution in [3.63, 3.8) is 0 Å². The molecule has 0 amide bonds. The topological polar surface area (TPSA) is 86.0 Å². The highest BCUT2D eigenvalue weighted by atomic mass is 32.2. The maximum atomic E-state index is 12.9. The van der Waals surface area contributed by atoms with Crippen molar-refractivity contribution in [2.75, 3.05) is 13.6 Å². The van der Waals surface area contributed by atoms with Crippen LogP contribution < -0.4 is 5.69 Å². The van der Waals surface area contributed by atoms with Gasteiger partial charge in [-0.15, -0.1) is 0 Å². The lowest BCUT2D eigenvalue weighted by Gasteiger charge is -2.30. The molecule has 0 unspecified atom stereocenters. The van der Waals surface area contributed by atoms with Crippen LogP contribution >= 0.6 is 0 Å². The summed E-state index contributed by atoms with van der Waals surface area (Å²) >= 11 is 0. The fraction of sp³-hybridized carbons (Fsp3) is 0.278. The molecule has 0 bridgehead atoms. The minimum Gasteiger partial charge on any atom is -0.306 e. The Bertz CT molecular complexity index is 1050. The molecule has 0 atom stereocenters. The van der Waals surface area contributed by atoms with Gasteiger partial charge in [-0.3, -0.25) is 0 Å². The van der Waals surface area contributed by atoms with Crippen molar-refractivity contribution in [3.05, 3.63) is 64.6 Å². The molecule has 7 heteroatoms. The third-order valence-electron chi connectivity index (χ3n) is 4.37. The Morgan fingerprint density at radius 2 is 1.64 bits per heavy atom. The summed E-state index contributed by atoms with van der Waals surface area (Å²) in [5, 5.41) is 0. The highest BCUT2D eigenvalue weighted by Gasteiger charge is 2.29. The first-order chi connectivity index (χ1) is 11.7. The van der Waals surface area contributed by atoms with Gasteiger partial charge >= 0.3 is 5.69 Å². The average molecular weight is 359 g/mol. The first-order valence-corrected chi connectivity index (χ1v) is 9.38. The number of nitrogens with zero attached hydrogens (tertiary/aromatic N) is 1. The average Bonchev–Trinajstić information content (AvgIpc) is 2.94. The zero-order valence-corrected chi connectivity index (χ0v) is 15.2. The lowest BCUT2D eigenvalue weighted by Crippen LogP contribution is -2.38. The van der Waals surface area contributed by atoms with Gasteiger partial charge in [-0.25, -0.2) is 17.5 Å². The van der Waals surface area contributed by atoms with Gasteiger partial charge in [0.2, 0.25) is 10.0 Å². The van der Waals surface area contributed by atoms with E-state index < -0.39 is 10.0 Å². The summed E-state index contributed by atoms with van der Waals surface area (Å²) < 4.78 is 27.2. The number of hydrogen-bond donors (Lipinski definition) is 2. The van der Waals surface area contributed by atoms with E-state index in [4.69, 9.17) is 0 Å². The lowest BCUT2D eigenvalue weighted by molar-refractivity contribution is 0.373. The minimum absolute atomic E-state index is 0.154. The smallest absolute Gasteiger partial charge is 0.306 e. The number of aromatic amines is 2. The summed E-state index contributed by atoms with van der Waals surface area (Å²) in [6, 6.07) is 14.4. The van der Waals surface area contributed by atoms with Crippen molar-refractivity contribution in [2.45, 2.75) is 24.2 Å². The Kier molecular flexibility index (Phi) is 4.30. The molecule has 25 heavy (non-hydrogen) atoms. The molecule has 132 valence electrons. The van der Waals surface area contributed by atoms with E-state index in [1.807, 2.05) is 44.2 Å². The summed E-state index contributed by atoms with van der Waals surface area (Å²) in [5.41, 5.74) is 1.43. The van der Waals surface area contributed by atoms with E-state index >= 15 is 0 Å². The number of fused-ring (bicyclic) bond motifs is 1. The number of benzene rings is 2. The van der Waals surface area contributed by atoms with Crippen LogP contribution in [-0.2, 0) is 15.4 Å². The maximum absolute atomic E-state index is 12.9. The maximum Gasteiger partial charge on any atom is 0.323 e. The van der Waals surface area contributed by atoms with Crippen LogP contribution in [-0.4, -0.2) is 36.3 Å². The van der Waals surface area contributed by atoms with Gasteiger partial charge in [0.05, 0.1) is 15.9 Å². The molecule has 2 aromatic carbocycles. The van der Waals surface area contributed by atoms with Crippen LogP contribution in [0.3, 0.4) is 0 Å². The molecule has 3 rings (SSSR count). The van der Waals surface area contributed by atoms with E-state index in [1.165, 1.54) is 16.4 Å². The summed E-state index contributed by atoms with van der Waals surface area (Å²) in [4.78, 5) is 16.7. The van der Waals surface area contributed by atoms with Crippen LogP contribution in [0.1, 0.15) is 19.4 Å². The van der Waals surface area contributed by atoms with Gasteiger partial charge in [0.25, 0.3) is 0 Å². The number of hydrogen-bond acceptors (Lipinski definition) is 3. The zero-order chi connectivity index (χ0) is 18.2. The quantitative estimate of drug-likeness (QED) is 0.734. The third-order valence-corrected chi connectivity index (χ3v) is 6.17. The van der Waals surface area contributed by atoms with Crippen molar-refractivity contribution in [2.24, 2.45) is 0 Å². The third kappa shape index (κ3) is 3.38. The summed E-state index contributed by atoms with van der Waals surface area (Å²) in [6.07, 6.45) is 0. The number of imidazole rings is 1. The molecular formula is C18H21N3O3S. The lowest BCUT2D eigenvalue weighted by atomic mass is 9.85. The molecule has 0 spiro atoms. The number of rotatable bonds is 5. The van der Waals surface area contributed by atoms with Gasteiger partial charge in [0.1, 0.15) is 0 Å². The Morgan fingerprint density at radius 3 is 2.32 bits per heavy atom. The van der Waals surface area contributed by atoms with E-state index in [9.17, 15) is 13.2 Å². The Hall–Kier alpha value is -2.38. The van der Waals surface area contributed by atoms with Crippen molar-refractivity contribution in [3.8, 4) is 0 Å². The summed E-state index contributed by atoms with van der Waals surface area (Å²) in [7, 11) is -2.09. The molecule has 2 N–H and O–H groups in total. The van der Waals surface area contributed by atoms with E-state index in [2.05, 4.69) is 9.97 Å². The van der Waals surface area contributed by atoms with Crippen LogP contribution in [0.15, 0.2) is 58.2 Å². The summed E-state index contributed by atoms with van der Waals surface area (Å²) in [6.45, 7) is 4.36. The number of likely N-dealkylation sites (N-methyl/N-ethyl adjacent to an activating group) is 1. The van der Waals surface area contributed by atoms with Crippen molar-refractivity contribution in [1.82, 2.24) is 14.3 Å². The number of H-pyrrole nitrogens is 2. The zero-order valence-electron chi connectivity index (χ0n) is 14.4. The fourth-order valence-electron chi connectivity index (χ4n) is 2.97. The largest absolute Gasteiger partial charge is 0.323 e. The van der Waals surface area contributed by atoms with Crippen molar-refractivity contribution in [1.29, 1.82) is 0 Å². The highest BCUT2D eigenvalue weighted by molar-refractivity contribution is 7.89. The van der Waals surface area contributed by atoms with E-state index in [-0.39, 0.29) is 16.0 Å². The molecule has 6 nitrogen and oxygen atoms in total. The van der Waals surface area contributed by atoms with Gasteiger partial charge in [-0.1, -0.05) is 44.2 Å². The monoisotopic (exact) mass is 359 g/mol. The molecule has 0 aliphatic rings. The first kappa shape index (κ1) is 17.4. The Labute approximate surface area is 146 Å². The molecule has 0 aliphatic carbocycles. The van der Waals surface area contributed by atoms with Gasteiger partial charge in [0.15, 0.2) is 0 Å². The molecule has 0 saturated carbocycles. The SMILES string of the molecule is CN(CC(C)(C)c1ccccc1)S(=O)(=O)c1ccc2[nH]c(=O)[nH]c2c1. The first-order valence-electron chi connectivity index (χ1n) is 7.94. The predicted molar refractivity (Wildman–Crippen MR) is 98.2 cm³/mol. The van der Waals surface area contributed by atoms with Crippen LogP contribution in [0.2, 0.25) is 0 Å². The molecule has 1 heterocycles. The van der Waals surface area contributed by atoms with Crippen LogP contribution in [0.4, 0.5) is 0 Å². The standard InChI is InChI=1S/C18H21N3O3S/c1-18(2,13-7-5-4-6-8-13)12-21(3)25(23,24)14-9-10-15-16(11-14)20-17(22)19-15/h4-11H,12H2,1-3H3,(H2,19,20,22). The number of sulfonamides is 1. The fourth-order valence-corrected chi connectivity index (χ4v) is 4.33. The second kappa shape index (κ2) is 6.16. The highest BCUT2D eigenvalue weighted by Crippen LogP contribution is 2.27. The summed E-state index contributed by atoms with van der Waals surface area (Å²) in [5.74, 6) is 0. The second-order valence-corrected chi connectivity index (χ2v) is 8.84. The van der Waals surface area contributed by atoms with Crippen LogP contribution in [0, 0.1) is 0 Å². The van der Waals surface area contributed by atoms with Crippen LogP contribution in [0.25, 0.3) is 11.0 Å². The van der Waals surface area contributed by atoms with Gasteiger partial charge in [-0.2, -0.15) is 0 Å². The molecule has 0 saturated heterocycles. The van der Waals surface area contributed by atoms with Crippen molar-refractivity contribution >= 4 is 21.1 Å². The Morgan fingerprint density at radius 1 is 1.00 bits per heavy atom. The van der Waals surface area contributed by atoms with Crippen molar-refractivity contribution < 1.29 is 8.42 Å². The van der Waals surface area contributed by atoms with Crippen LogP contribution in [0.5, 0.6) is 0 Å². The number of aromatic nitrogens is 2. The minimum atomic E-state index is -3.66. The predicted octanol–water partition coefficient (Wildman–Crippen LogP) is 2.45. The molecule has 1 aromatic heterocycles. The van der Waals surface area contributed by atoms with E-state index in [1.54, 1.807) is 13.1 Å². The van der Waals surface area contributed by atoms with Gasteiger partial charge in [0, 0.05) is 19.0 Å². The van der Waals surface area contributed by atoms with Gasteiger partial charge in [-0.05, 0) is 23.8 Å². The van der Waals surface area contributed by atoms with E-state index in [0.29, 0.717) is 17.6 Å². The second-order valence-electron chi connectivity index (χ2n) is 6.80. The normalized spacial score (nSPS) is 12.8. The molecule has 0 fully saturated rings. The van der Waals surface area contributed by atoms with E-state index in [0.717, 1.165) is 5.56 Å².